The van der Waals surface area contributed by atoms with Gasteiger partial charge < -0.3 is 20.1 Å². The van der Waals surface area contributed by atoms with Crippen molar-refractivity contribution < 1.29 is 14.6 Å². The van der Waals surface area contributed by atoms with Crippen molar-refractivity contribution in [1.29, 1.82) is 0 Å². The molecule has 3 rings (SSSR count). The molecule has 2 bridgehead atoms. The molecule has 2 fully saturated rings. The maximum absolute atomic E-state index is 12.5. The normalized spacial score (nSPS) is 25.4. The Hall–Kier alpha value is -1.75. The van der Waals surface area contributed by atoms with Gasteiger partial charge in [-0.05, 0) is 31.4 Å². The molecular formula is C15H20N2O3. The van der Waals surface area contributed by atoms with Gasteiger partial charge in [0.25, 0.3) is 5.91 Å². The number of phenolic OH excluding ortho intramolecular Hbond substituents is 1. The van der Waals surface area contributed by atoms with Crippen molar-refractivity contribution in [2.45, 2.75) is 31.3 Å². The van der Waals surface area contributed by atoms with Crippen LogP contribution >= 0.6 is 0 Å². The number of carbonyl (C=O) groups is 1. The zero-order chi connectivity index (χ0) is 14.1. The maximum atomic E-state index is 12.5. The Morgan fingerprint density at radius 3 is 2.90 bits per heavy atom. The molecule has 1 amide bonds. The van der Waals surface area contributed by atoms with Crippen LogP contribution in [0.5, 0.6) is 11.5 Å². The van der Waals surface area contributed by atoms with E-state index in [1.165, 1.54) is 19.6 Å². The van der Waals surface area contributed by atoms with Gasteiger partial charge in [0.2, 0.25) is 0 Å². The molecule has 2 unspecified atom stereocenters. The number of phenols is 1. The highest BCUT2D eigenvalue weighted by Crippen LogP contribution is 2.27. The monoisotopic (exact) mass is 276 g/mol. The van der Waals surface area contributed by atoms with Gasteiger partial charge in [0.05, 0.1) is 12.7 Å². The molecular weight excluding hydrogens is 256 g/mol. The van der Waals surface area contributed by atoms with E-state index in [0.29, 0.717) is 23.4 Å². The Morgan fingerprint density at radius 2 is 2.15 bits per heavy atom. The summed E-state index contributed by atoms with van der Waals surface area (Å²) in [7, 11) is 1.54. The SMILES string of the molecule is COc1ccc(C(=O)N2CCC3CCC(C2)N3)c(O)c1. The van der Waals surface area contributed by atoms with E-state index < -0.39 is 0 Å². The van der Waals surface area contributed by atoms with Crippen molar-refractivity contribution in [2.24, 2.45) is 0 Å². The second-order valence-electron chi connectivity index (χ2n) is 5.56. The number of likely N-dealkylation sites (tertiary alicyclic amines) is 1. The summed E-state index contributed by atoms with van der Waals surface area (Å²) >= 11 is 0. The first kappa shape index (κ1) is 13.2. The fourth-order valence-electron chi connectivity index (χ4n) is 3.12. The molecule has 0 aliphatic carbocycles. The van der Waals surface area contributed by atoms with Crippen molar-refractivity contribution in [3.8, 4) is 11.5 Å². The van der Waals surface area contributed by atoms with Crippen molar-refractivity contribution in [3.05, 3.63) is 23.8 Å². The number of hydrogen-bond donors (Lipinski definition) is 2. The van der Waals surface area contributed by atoms with Crippen LogP contribution in [0.2, 0.25) is 0 Å². The van der Waals surface area contributed by atoms with Gasteiger partial charge in [0, 0.05) is 31.2 Å². The Morgan fingerprint density at radius 1 is 1.35 bits per heavy atom. The zero-order valence-corrected chi connectivity index (χ0v) is 11.6. The summed E-state index contributed by atoms with van der Waals surface area (Å²) in [6.45, 7) is 1.47. The topological polar surface area (TPSA) is 61.8 Å². The minimum atomic E-state index is -0.0977. The van der Waals surface area contributed by atoms with Gasteiger partial charge in [0.1, 0.15) is 11.5 Å². The first-order valence-corrected chi connectivity index (χ1v) is 7.09. The van der Waals surface area contributed by atoms with Crippen LogP contribution in [-0.4, -0.2) is 48.2 Å². The Balaban J connectivity index is 1.78. The van der Waals surface area contributed by atoms with Crippen LogP contribution in [0.15, 0.2) is 18.2 Å². The van der Waals surface area contributed by atoms with Crippen LogP contribution in [0.4, 0.5) is 0 Å². The number of ether oxygens (including phenoxy) is 1. The third-order valence-corrected chi connectivity index (χ3v) is 4.25. The average molecular weight is 276 g/mol. The van der Waals surface area contributed by atoms with E-state index in [1.54, 1.807) is 12.1 Å². The maximum Gasteiger partial charge on any atom is 0.257 e. The van der Waals surface area contributed by atoms with Gasteiger partial charge in [-0.15, -0.1) is 0 Å². The van der Waals surface area contributed by atoms with E-state index in [2.05, 4.69) is 5.32 Å². The molecule has 20 heavy (non-hydrogen) atoms. The van der Waals surface area contributed by atoms with E-state index in [4.69, 9.17) is 4.74 Å². The lowest BCUT2D eigenvalue weighted by molar-refractivity contribution is 0.0745. The zero-order valence-electron chi connectivity index (χ0n) is 11.6. The van der Waals surface area contributed by atoms with E-state index in [1.807, 2.05) is 4.90 Å². The predicted octanol–water partition coefficient (Wildman–Crippen LogP) is 1.37. The summed E-state index contributed by atoms with van der Waals surface area (Å²) in [5.74, 6) is 0.437. The number of hydrogen-bond acceptors (Lipinski definition) is 4. The molecule has 2 heterocycles. The molecule has 1 aromatic carbocycles. The van der Waals surface area contributed by atoms with Gasteiger partial charge in [-0.3, -0.25) is 4.79 Å². The second-order valence-corrected chi connectivity index (χ2v) is 5.56. The van der Waals surface area contributed by atoms with Crippen LogP contribution in [0, 0.1) is 0 Å². The fourth-order valence-corrected chi connectivity index (χ4v) is 3.12. The van der Waals surface area contributed by atoms with Crippen molar-refractivity contribution in [1.82, 2.24) is 10.2 Å². The molecule has 2 N–H and O–H groups in total. The fraction of sp³-hybridized carbons (Fsp3) is 0.533. The van der Waals surface area contributed by atoms with Gasteiger partial charge in [-0.2, -0.15) is 0 Å². The number of carbonyl (C=O) groups excluding carboxylic acids is 1. The molecule has 1 aromatic rings. The molecule has 0 saturated carbocycles. The van der Waals surface area contributed by atoms with Crippen molar-refractivity contribution in [3.63, 3.8) is 0 Å². The van der Waals surface area contributed by atoms with Crippen molar-refractivity contribution in [2.75, 3.05) is 20.2 Å². The Bertz CT molecular complexity index is 518. The molecule has 2 saturated heterocycles. The highest BCUT2D eigenvalue weighted by molar-refractivity contribution is 5.97. The Labute approximate surface area is 118 Å². The van der Waals surface area contributed by atoms with Gasteiger partial charge in [-0.1, -0.05) is 0 Å². The molecule has 5 heteroatoms. The van der Waals surface area contributed by atoms with Crippen molar-refractivity contribution >= 4 is 5.91 Å². The largest absolute Gasteiger partial charge is 0.507 e. The molecule has 0 spiro atoms. The van der Waals surface area contributed by atoms with E-state index in [-0.39, 0.29) is 11.7 Å². The molecule has 5 nitrogen and oxygen atoms in total. The summed E-state index contributed by atoms with van der Waals surface area (Å²) in [5, 5.41) is 13.5. The quantitative estimate of drug-likeness (QED) is 0.856. The first-order chi connectivity index (χ1) is 9.67. The molecule has 108 valence electrons. The van der Waals surface area contributed by atoms with Gasteiger partial charge >= 0.3 is 0 Å². The number of nitrogens with zero attached hydrogens (tertiary/aromatic N) is 1. The Kier molecular flexibility index (Phi) is 3.53. The van der Waals surface area contributed by atoms with Gasteiger partial charge in [-0.25, -0.2) is 0 Å². The molecule has 0 radical (unpaired) electrons. The molecule has 2 aliphatic rings. The van der Waals surface area contributed by atoms with Crippen LogP contribution in [0.3, 0.4) is 0 Å². The van der Waals surface area contributed by atoms with Crippen LogP contribution in [0.1, 0.15) is 29.6 Å². The summed E-state index contributed by atoms with van der Waals surface area (Å²) in [6, 6.07) is 5.76. The average Bonchev–Trinajstić information content (AvgIpc) is 2.77. The number of benzene rings is 1. The number of methoxy groups -OCH3 is 1. The summed E-state index contributed by atoms with van der Waals surface area (Å²) < 4.78 is 5.04. The predicted molar refractivity (Wildman–Crippen MR) is 75.1 cm³/mol. The number of fused-ring (bicyclic) bond motifs is 2. The number of amides is 1. The molecule has 2 atom stereocenters. The van der Waals surface area contributed by atoms with E-state index in [9.17, 15) is 9.90 Å². The van der Waals surface area contributed by atoms with E-state index in [0.717, 1.165) is 25.9 Å². The standard InChI is InChI=1S/C15H20N2O3/c1-20-12-4-5-13(14(18)8-12)15(19)17-7-6-10-2-3-11(9-17)16-10/h4-5,8,10-11,16,18H,2-3,6-7,9H2,1H3. The summed E-state index contributed by atoms with van der Waals surface area (Å²) in [5.41, 5.74) is 0.351. The number of aromatic hydroxyl groups is 1. The highest BCUT2D eigenvalue weighted by atomic mass is 16.5. The van der Waals surface area contributed by atoms with Crippen LogP contribution < -0.4 is 10.1 Å². The second kappa shape index (κ2) is 5.32. The first-order valence-electron chi connectivity index (χ1n) is 7.09. The minimum absolute atomic E-state index is 0.0169. The van der Waals surface area contributed by atoms with Crippen LogP contribution in [0.25, 0.3) is 0 Å². The third-order valence-electron chi connectivity index (χ3n) is 4.25. The molecule has 0 aromatic heterocycles. The lowest BCUT2D eigenvalue weighted by Crippen LogP contribution is -2.39. The summed E-state index contributed by atoms with van der Waals surface area (Å²) in [6.07, 6.45) is 3.32. The van der Waals surface area contributed by atoms with E-state index >= 15 is 0 Å². The molecule has 2 aliphatic heterocycles. The lowest BCUT2D eigenvalue weighted by atomic mass is 10.1. The summed E-state index contributed by atoms with van der Waals surface area (Å²) in [4.78, 5) is 14.4. The van der Waals surface area contributed by atoms with Gasteiger partial charge in [0.15, 0.2) is 0 Å². The lowest BCUT2D eigenvalue weighted by Gasteiger charge is -2.24. The van der Waals surface area contributed by atoms with Crippen LogP contribution in [-0.2, 0) is 0 Å². The third kappa shape index (κ3) is 2.45. The highest BCUT2D eigenvalue weighted by Gasteiger charge is 2.32. The smallest absolute Gasteiger partial charge is 0.257 e. The number of rotatable bonds is 2. The number of nitrogens with one attached hydrogen (secondary N) is 1. The minimum Gasteiger partial charge on any atom is -0.507 e.